The standard InChI is InChI=1S/C15H23NO3/c1-15(11-17)6-3-7-16(10-15)9-12-4-5-13(19-2)8-14(12)18/h4-5,8,17-18H,3,6-7,9-11H2,1-2H3. The number of hydrogen-bond donors (Lipinski definition) is 2. The Balaban J connectivity index is 2.04. The third-order valence-corrected chi connectivity index (χ3v) is 3.93. The van der Waals surface area contributed by atoms with Crippen LogP contribution in [-0.2, 0) is 6.54 Å². The molecule has 1 atom stereocenters. The zero-order chi connectivity index (χ0) is 13.9. The summed E-state index contributed by atoms with van der Waals surface area (Å²) in [5, 5.41) is 19.4. The fraction of sp³-hybridized carbons (Fsp3) is 0.600. The van der Waals surface area contributed by atoms with Gasteiger partial charge in [-0.15, -0.1) is 0 Å². The molecule has 1 aliphatic rings. The molecule has 1 aromatic rings. The summed E-state index contributed by atoms with van der Waals surface area (Å²) in [6, 6.07) is 5.41. The van der Waals surface area contributed by atoms with Crippen molar-refractivity contribution in [2.24, 2.45) is 5.41 Å². The third kappa shape index (κ3) is 3.39. The van der Waals surface area contributed by atoms with Crippen molar-refractivity contribution in [3.05, 3.63) is 23.8 Å². The summed E-state index contributed by atoms with van der Waals surface area (Å²) in [7, 11) is 1.59. The predicted octanol–water partition coefficient (Wildman–Crippen LogP) is 2.00. The van der Waals surface area contributed by atoms with Gasteiger partial charge in [-0.25, -0.2) is 0 Å². The summed E-state index contributed by atoms with van der Waals surface area (Å²) in [4.78, 5) is 2.29. The number of phenols is 1. The molecule has 4 nitrogen and oxygen atoms in total. The van der Waals surface area contributed by atoms with Gasteiger partial charge >= 0.3 is 0 Å². The van der Waals surface area contributed by atoms with Gasteiger partial charge in [-0.2, -0.15) is 0 Å². The molecule has 1 unspecified atom stereocenters. The van der Waals surface area contributed by atoms with E-state index in [-0.39, 0.29) is 17.8 Å². The van der Waals surface area contributed by atoms with Crippen LogP contribution in [0.1, 0.15) is 25.3 Å². The highest BCUT2D eigenvalue weighted by molar-refractivity contribution is 5.39. The first-order valence-corrected chi connectivity index (χ1v) is 6.75. The van der Waals surface area contributed by atoms with E-state index in [2.05, 4.69) is 11.8 Å². The molecule has 106 valence electrons. The normalized spacial score (nSPS) is 24.4. The maximum Gasteiger partial charge on any atom is 0.123 e. The number of hydrogen-bond acceptors (Lipinski definition) is 4. The lowest BCUT2D eigenvalue weighted by atomic mass is 9.82. The maximum atomic E-state index is 9.98. The summed E-state index contributed by atoms with van der Waals surface area (Å²) in [5.41, 5.74) is 0.892. The Hall–Kier alpha value is -1.26. The molecule has 0 aromatic heterocycles. The molecule has 0 radical (unpaired) electrons. The van der Waals surface area contributed by atoms with Gasteiger partial charge in [0.25, 0.3) is 0 Å². The van der Waals surface area contributed by atoms with E-state index >= 15 is 0 Å². The summed E-state index contributed by atoms with van der Waals surface area (Å²) < 4.78 is 5.08. The van der Waals surface area contributed by atoms with Gasteiger partial charge in [-0.1, -0.05) is 13.0 Å². The lowest BCUT2D eigenvalue weighted by Crippen LogP contribution is -2.43. The van der Waals surface area contributed by atoms with Crippen molar-refractivity contribution < 1.29 is 14.9 Å². The van der Waals surface area contributed by atoms with Crippen LogP contribution in [0.2, 0.25) is 0 Å². The topological polar surface area (TPSA) is 52.9 Å². The lowest BCUT2D eigenvalue weighted by molar-refractivity contribution is 0.0426. The van der Waals surface area contributed by atoms with Crippen molar-refractivity contribution in [1.29, 1.82) is 0 Å². The molecule has 1 saturated heterocycles. The quantitative estimate of drug-likeness (QED) is 0.874. The largest absolute Gasteiger partial charge is 0.507 e. The number of phenolic OH excluding ortho intramolecular Hbond substituents is 1. The van der Waals surface area contributed by atoms with Crippen molar-refractivity contribution >= 4 is 0 Å². The van der Waals surface area contributed by atoms with Gasteiger partial charge in [0.1, 0.15) is 11.5 Å². The predicted molar refractivity (Wildman–Crippen MR) is 74.4 cm³/mol. The molecular weight excluding hydrogens is 242 g/mol. The van der Waals surface area contributed by atoms with Gasteiger partial charge in [0.05, 0.1) is 7.11 Å². The minimum absolute atomic E-state index is 0.0136. The second kappa shape index (κ2) is 5.80. The van der Waals surface area contributed by atoms with Crippen LogP contribution in [-0.4, -0.2) is 41.9 Å². The Morgan fingerprint density at radius 2 is 2.21 bits per heavy atom. The van der Waals surface area contributed by atoms with Crippen molar-refractivity contribution in [3.8, 4) is 11.5 Å². The molecule has 1 heterocycles. The van der Waals surface area contributed by atoms with Gasteiger partial charge in [0.15, 0.2) is 0 Å². The van der Waals surface area contributed by atoms with Gasteiger partial charge < -0.3 is 14.9 Å². The summed E-state index contributed by atoms with van der Waals surface area (Å²) in [5.74, 6) is 0.940. The Morgan fingerprint density at radius 1 is 1.42 bits per heavy atom. The lowest BCUT2D eigenvalue weighted by Gasteiger charge is -2.39. The Labute approximate surface area is 114 Å². The molecule has 0 spiro atoms. The van der Waals surface area contributed by atoms with Crippen molar-refractivity contribution in [1.82, 2.24) is 4.90 Å². The van der Waals surface area contributed by atoms with E-state index < -0.39 is 0 Å². The van der Waals surface area contributed by atoms with Gasteiger partial charge in [-0.05, 0) is 25.5 Å². The number of ether oxygens (including phenoxy) is 1. The Morgan fingerprint density at radius 3 is 2.84 bits per heavy atom. The minimum Gasteiger partial charge on any atom is -0.507 e. The first-order valence-electron chi connectivity index (χ1n) is 6.75. The van der Waals surface area contributed by atoms with Crippen LogP contribution in [0.5, 0.6) is 11.5 Å². The van der Waals surface area contributed by atoms with Crippen LogP contribution in [0.3, 0.4) is 0 Å². The zero-order valence-electron chi connectivity index (χ0n) is 11.7. The molecule has 19 heavy (non-hydrogen) atoms. The Bertz CT molecular complexity index is 435. The molecule has 2 N–H and O–H groups in total. The third-order valence-electron chi connectivity index (χ3n) is 3.93. The van der Waals surface area contributed by atoms with Gasteiger partial charge in [0.2, 0.25) is 0 Å². The molecule has 0 saturated carbocycles. The van der Waals surface area contributed by atoms with E-state index in [9.17, 15) is 10.2 Å². The van der Waals surface area contributed by atoms with Gasteiger partial charge in [0, 0.05) is 36.7 Å². The molecule has 4 heteroatoms. The number of methoxy groups -OCH3 is 1. The number of aliphatic hydroxyl groups is 1. The van der Waals surface area contributed by atoms with Crippen LogP contribution in [0.25, 0.3) is 0 Å². The molecule has 1 fully saturated rings. The molecule has 2 rings (SSSR count). The number of aliphatic hydroxyl groups excluding tert-OH is 1. The average Bonchev–Trinajstić information content (AvgIpc) is 2.41. The monoisotopic (exact) mass is 265 g/mol. The molecular formula is C15H23NO3. The number of piperidine rings is 1. The molecule has 0 aliphatic carbocycles. The number of likely N-dealkylation sites (tertiary alicyclic amines) is 1. The smallest absolute Gasteiger partial charge is 0.123 e. The SMILES string of the molecule is COc1ccc(CN2CCCC(C)(CO)C2)c(O)c1. The van der Waals surface area contributed by atoms with Crippen molar-refractivity contribution in [2.75, 3.05) is 26.8 Å². The van der Waals surface area contributed by atoms with Crippen LogP contribution in [0.4, 0.5) is 0 Å². The van der Waals surface area contributed by atoms with Crippen molar-refractivity contribution in [3.63, 3.8) is 0 Å². The van der Waals surface area contributed by atoms with Gasteiger partial charge in [-0.3, -0.25) is 4.90 Å². The maximum absolute atomic E-state index is 9.98. The number of rotatable bonds is 4. The van der Waals surface area contributed by atoms with E-state index in [1.54, 1.807) is 13.2 Å². The zero-order valence-corrected chi connectivity index (χ0v) is 11.7. The highest BCUT2D eigenvalue weighted by Crippen LogP contribution is 2.31. The summed E-state index contributed by atoms with van der Waals surface area (Å²) >= 11 is 0. The molecule has 0 bridgehead atoms. The summed E-state index contributed by atoms with van der Waals surface area (Å²) in [6.45, 7) is 4.94. The number of benzene rings is 1. The van der Waals surface area contributed by atoms with Crippen molar-refractivity contribution in [2.45, 2.75) is 26.3 Å². The van der Waals surface area contributed by atoms with Crippen LogP contribution >= 0.6 is 0 Å². The first-order chi connectivity index (χ1) is 9.06. The summed E-state index contributed by atoms with van der Waals surface area (Å²) in [6.07, 6.45) is 2.16. The molecule has 1 aliphatic heterocycles. The fourth-order valence-corrected chi connectivity index (χ4v) is 2.74. The highest BCUT2D eigenvalue weighted by Gasteiger charge is 2.30. The molecule has 1 aromatic carbocycles. The minimum atomic E-state index is -0.0136. The van der Waals surface area contributed by atoms with E-state index in [1.807, 2.05) is 12.1 Å². The van der Waals surface area contributed by atoms with E-state index in [0.29, 0.717) is 12.3 Å². The van der Waals surface area contributed by atoms with E-state index in [0.717, 1.165) is 31.5 Å². The van der Waals surface area contributed by atoms with E-state index in [4.69, 9.17) is 4.74 Å². The number of nitrogens with zero attached hydrogens (tertiary/aromatic N) is 1. The van der Waals surface area contributed by atoms with Crippen LogP contribution in [0.15, 0.2) is 18.2 Å². The average molecular weight is 265 g/mol. The van der Waals surface area contributed by atoms with Crippen LogP contribution < -0.4 is 4.74 Å². The Kier molecular flexibility index (Phi) is 4.32. The number of aromatic hydroxyl groups is 1. The second-order valence-electron chi connectivity index (χ2n) is 5.78. The first kappa shape index (κ1) is 14.2. The van der Waals surface area contributed by atoms with Crippen LogP contribution in [0, 0.1) is 5.41 Å². The highest BCUT2D eigenvalue weighted by atomic mass is 16.5. The van der Waals surface area contributed by atoms with E-state index in [1.165, 1.54) is 0 Å². The molecule has 0 amide bonds. The fourth-order valence-electron chi connectivity index (χ4n) is 2.74. The second-order valence-corrected chi connectivity index (χ2v) is 5.78.